The molecule has 3 aromatic rings. The number of aromatic nitrogens is 1. The van der Waals surface area contributed by atoms with E-state index in [-0.39, 0.29) is 5.91 Å². The van der Waals surface area contributed by atoms with Gasteiger partial charge < -0.3 is 4.74 Å². The third-order valence-electron chi connectivity index (χ3n) is 5.13. The second-order valence-corrected chi connectivity index (χ2v) is 8.20. The molecule has 1 aromatic heterocycles. The van der Waals surface area contributed by atoms with Gasteiger partial charge in [0, 0.05) is 31.7 Å². The topological polar surface area (TPSA) is 45.7 Å². The van der Waals surface area contributed by atoms with Crippen LogP contribution in [0.25, 0.3) is 10.2 Å². The SMILES string of the molecule is Cc1ccc(C(=O)N(CCN2CCOCC2)c2nc3c(C)cccc3s2)cc1. The van der Waals surface area contributed by atoms with E-state index in [0.717, 1.165) is 59.3 Å². The van der Waals surface area contributed by atoms with E-state index in [1.54, 1.807) is 11.3 Å². The van der Waals surface area contributed by atoms with Crippen LogP contribution in [0.2, 0.25) is 0 Å². The molecule has 5 nitrogen and oxygen atoms in total. The Balaban J connectivity index is 1.64. The Labute approximate surface area is 169 Å². The zero-order valence-corrected chi connectivity index (χ0v) is 17.2. The number of para-hydroxylation sites is 1. The summed E-state index contributed by atoms with van der Waals surface area (Å²) in [6.07, 6.45) is 0. The Morgan fingerprint density at radius 2 is 1.89 bits per heavy atom. The second-order valence-electron chi connectivity index (χ2n) is 7.19. The van der Waals surface area contributed by atoms with Crippen molar-refractivity contribution < 1.29 is 9.53 Å². The second kappa shape index (κ2) is 8.39. The number of aryl methyl sites for hydroxylation is 2. The Kier molecular flexibility index (Phi) is 5.71. The van der Waals surface area contributed by atoms with Crippen molar-refractivity contribution in [2.24, 2.45) is 0 Å². The summed E-state index contributed by atoms with van der Waals surface area (Å²) in [6, 6.07) is 13.9. The van der Waals surface area contributed by atoms with E-state index in [1.807, 2.05) is 42.2 Å². The molecule has 0 unspecified atom stereocenters. The van der Waals surface area contributed by atoms with Crippen LogP contribution in [0.4, 0.5) is 5.13 Å². The van der Waals surface area contributed by atoms with Crippen LogP contribution in [0.15, 0.2) is 42.5 Å². The minimum absolute atomic E-state index is 0.00460. The summed E-state index contributed by atoms with van der Waals surface area (Å²) >= 11 is 1.58. The minimum Gasteiger partial charge on any atom is -0.379 e. The van der Waals surface area contributed by atoms with Crippen molar-refractivity contribution >= 4 is 32.6 Å². The maximum absolute atomic E-state index is 13.3. The minimum atomic E-state index is 0.00460. The molecule has 6 heteroatoms. The van der Waals surface area contributed by atoms with Crippen LogP contribution >= 0.6 is 11.3 Å². The molecule has 0 N–H and O–H groups in total. The molecule has 1 aliphatic rings. The molecular weight excluding hydrogens is 370 g/mol. The van der Waals surface area contributed by atoms with Gasteiger partial charge in [-0.25, -0.2) is 4.98 Å². The first kappa shape index (κ1) is 19.1. The highest BCUT2D eigenvalue weighted by molar-refractivity contribution is 7.22. The van der Waals surface area contributed by atoms with E-state index in [1.165, 1.54) is 0 Å². The zero-order valence-electron chi connectivity index (χ0n) is 16.4. The van der Waals surface area contributed by atoms with Crippen molar-refractivity contribution in [3.05, 3.63) is 59.2 Å². The number of carbonyl (C=O) groups is 1. The van der Waals surface area contributed by atoms with Crippen molar-refractivity contribution in [3.8, 4) is 0 Å². The van der Waals surface area contributed by atoms with Crippen LogP contribution in [-0.2, 0) is 4.74 Å². The Morgan fingerprint density at radius 1 is 1.14 bits per heavy atom. The summed E-state index contributed by atoms with van der Waals surface area (Å²) in [6.45, 7) is 8.85. The number of carbonyl (C=O) groups excluding carboxylic acids is 1. The average molecular weight is 396 g/mol. The van der Waals surface area contributed by atoms with Gasteiger partial charge in [-0.2, -0.15) is 0 Å². The van der Waals surface area contributed by atoms with Crippen molar-refractivity contribution in [2.45, 2.75) is 13.8 Å². The highest BCUT2D eigenvalue weighted by atomic mass is 32.1. The number of anilines is 1. The van der Waals surface area contributed by atoms with Gasteiger partial charge in [0.25, 0.3) is 5.91 Å². The van der Waals surface area contributed by atoms with Crippen LogP contribution < -0.4 is 4.90 Å². The molecule has 2 heterocycles. The number of hydrogen-bond acceptors (Lipinski definition) is 5. The van der Waals surface area contributed by atoms with Crippen molar-refractivity contribution in [3.63, 3.8) is 0 Å². The predicted molar refractivity (Wildman–Crippen MR) is 114 cm³/mol. The van der Waals surface area contributed by atoms with Crippen LogP contribution in [0, 0.1) is 13.8 Å². The van der Waals surface area contributed by atoms with E-state index >= 15 is 0 Å². The van der Waals surface area contributed by atoms with Crippen LogP contribution in [0.1, 0.15) is 21.5 Å². The van der Waals surface area contributed by atoms with Gasteiger partial charge in [-0.15, -0.1) is 0 Å². The molecule has 0 saturated carbocycles. The number of nitrogens with zero attached hydrogens (tertiary/aromatic N) is 3. The smallest absolute Gasteiger partial charge is 0.260 e. The molecule has 2 aromatic carbocycles. The lowest BCUT2D eigenvalue weighted by Gasteiger charge is -2.29. The number of amides is 1. The predicted octanol–water partition coefficient (Wildman–Crippen LogP) is 3.89. The molecule has 0 aliphatic carbocycles. The van der Waals surface area contributed by atoms with E-state index in [4.69, 9.17) is 9.72 Å². The van der Waals surface area contributed by atoms with E-state index < -0.39 is 0 Å². The van der Waals surface area contributed by atoms with E-state index in [2.05, 4.69) is 24.0 Å². The lowest BCUT2D eigenvalue weighted by molar-refractivity contribution is 0.0391. The summed E-state index contributed by atoms with van der Waals surface area (Å²) in [7, 11) is 0. The maximum Gasteiger partial charge on any atom is 0.260 e. The fraction of sp³-hybridized carbons (Fsp3) is 0.364. The number of benzene rings is 2. The number of thiazole rings is 1. The van der Waals surface area contributed by atoms with Gasteiger partial charge in [0.2, 0.25) is 0 Å². The fourth-order valence-electron chi connectivity index (χ4n) is 3.39. The first-order valence-electron chi connectivity index (χ1n) is 9.66. The van der Waals surface area contributed by atoms with Gasteiger partial charge in [-0.05, 0) is 37.6 Å². The number of hydrogen-bond donors (Lipinski definition) is 0. The monoisotopic (exact) mass is 395 g/mol. The molecule has 28 heavy (non-hydrogen) atoms. The Morgan fingerprint density at radius 3 is 2.61 bits per heavy atom. The average Bonchev–Trinajstić information content (AvgIpc) is 3.15. The summed E-state index contributed by atoms with van der Waals surface area (Å²) in [5.41, 5.74) is 3.96. The molecule has 1 aliphatic heterocycles. The largest absolute Gasteiger partial charge is 0.379 e. The normalized spacial score (nSPS) is 15.1. The van der Waals surface area contributed by atoms with Crippen molar-refractivity contribution in [2.75, 3.05) is 44.3 Å². The summed E-state index contributed by atoms with van der Waals surface area (Å²) in [5.74, 6) is 0.00460. The molecule has 0 atom stereocenters. The number of rotatable bonds is 5. The van der Waals surface area contributed by atoms with Gasteiger partial charge in [0.15, 0.2) is 5.13 Å². The van der Waals surface area contributed by atoms with Gasteiger partial charge in [-0.3, -0.25) is 14.6 Å². The van der Waals surface area contributed by atoms with Crippen molar-refractivity contribution in [1.29, 1.82) is 0 Å². The molecular formula is C22H25N3O2S. The van der Waals surface area contributed by atoms with Gasteiger partial charge in [0.1, 0.15) is 0 Å². The van der Waals surface area contributed by atoms with Gasteiger partial charge in [0.05, 0.1) is 23.4 Å². The van der Waals surface area contributed by atoms with Crippen LogP contribution in [0.5, 0.6) is 0 Å². The van der Waals surface area contributed by atoms with Crippen LogP contribution in [-0.4, -0.2) is 55.2 Å². The summed E-state index contributed by atoms with van der Waals surface area (Å²) in [5, 5.41) is 0.767. The first-order chi connectivity index (χ1) is 13.6. The van der Waals surface area contributed by atoms with E-state index in [0.29, 0.717) is 12.1 Å². The quantitative estimate of drug-likeness (QED) is 0.657. The Bertz CT molecular complexity index is 962. The Hall–Kier alpha value is -2.28. The molecule has 0 spiro atoms. The summed E-state index contributed by atoms with van der Waals surface area (Å²) < 4.78 is 6.55. The molecule has 1 saturated heterocycles. The van der Waals surface area contributed by atoms with Crippen LogP contribution in [0.3, 0.4) is 0 Å². The zero-order chi connectivity index (χ0) is 19.5. The lowest BCUT2D eigenvalue weighted by Crippen LogP contribution is -2.43. The highest BCUT2D eigenvalue weighted by Crippen LogP contribution is 2.31. The summed E-state index contributed by atoms with van der Waals surface area (Å²) in [4.78, 5) is 22.3. The third kappa shape index (κ3) is 4.09. The first-order valence-corrected chi connectivity index (χ1v) is 10.5. The van der Waals surface area contributed by atoms with Gasteiger partial charge >= 0.3 is 0 Å². The molecule has 146 valence electrons. The maximum atomic E-state index is 13.3. The number of ether oxygens (including phenoxy) is 1. The fourth-order valence-corrected chi connectivity index (χ4v) is 4.46. The number of fused-ring (bicyclic) bond motifs is 1. The highest BCUT2D eigenvalue weighted by Gasteiger charge is 2.23. The number of morpholine rings is 1. The molecule has 1 fully saturated rings. The standard InChI is InChI=1S/C22H25N3O2S/c1-16-6-8-18(9-7-16)21(26)25(11-10-24-12-14-27-15-13-24)22-23-20-17(2)4-3-5-19(20)28-22/h3-9H,10-15H2,1-2H3. The molecule has 0 bridgehead atoms. The lowest BCUT2D eigenvalue weighted by atomic mass is 10.1. The third-order valence-corrected chi connectivity index (χ3v) is 6.17. The molecule has 4 rings (SSSR count). The molecule has 1 amide bonds. The van der Waals surface area contributed by atoms with Crippen molar-refractivity contribution in [1.82, 2.24) is 9.88 Å². The van der Waals surface area contributed by atoms with Gasteiger partial charge in [-0.1, -0.05) is 41.2 Å². The molecule has 0 radical (unpaired) electrons. The van der Waals surface area contributed by atoms with E-state index in [9.17, 15) is 4.79 Å².